The molecule has 0 aromatic heterocycles. The third-order valence-corrected chi connectivity index (χ3v) is 5.81. The number of ether oxygens (including phenoxy) is 1. The summed E-state index contributed by atoms with van der Waals surface area (Å²) < 4.78 is 6.22. The summed E-state index contributed by atoms with van der Waals surface area (Å²) >= 11 is 5.96. The third-order valence-electron chi connectivity index (χ3n) is 5.56. The van der Waals surface area contributed by atoms with Crippen LogP contribution in [0.3, 0.4) is 0 Å². The summed E-state index contributed by atoms with van der Waals surface area (Å²) in [6.07, 6.45) is 3.00. The molecule has 25 heavy (non-hydrogen) atoms. The van der Waals surface area contributed by atoms with E-state index in [0.717, 1.165) is 34.2 Å². The molecule has 3 aliphatic rings. The SMILES string of the molecule is C=C(c1ccc(Cl)cc1)c1ccc(COC2CN3CCC2CC3)cc1. The predicted molar refractivity (Wildman–Crippen MR) is 104 cm³/mol. The van der Waals surface area contributed by atoms with Crippen LogP contribution in [0.4, 0.5) is 0 Å². The van der Waals surface area contributed by atoms with Gasteiger partial charge in [0, 0.05) is 11.6 Å². The van der Waals surface area contributed by atoms with E-state index in [2.05, 4.69) is 35.7 Å². The van der Waals surface area contributed by atoms with E-state index in [0.29, 0.717) is 12.7 Å². The van der Waals surface area contributed by atoms with Crippen molar-refractivity contribution >= 4 is 17.2 Å². The van der Waals surface area contributed by atoms with Crippen LogP contribution in [0.2, 0.25) is 5.02 Å². The summed E-state index contributed by atoms with van der Waals surface area (Å²) in [6.45, 7) is 8.54. The molecule has 3 aliphatic heterocycles. The summed E-state index contributed by atoms with van der Waals surface area (Å²) in [5.41, 5.74) is 4.47. The molecule has 2 nitrogen and oxygen atoms in total. The van der Waals surface area contributed by atoms with Crippen molar-refractivity contribution in [2.75, 3.05) is 19.6 Å². The van der Waals surface area contributed by atoms with Crippen molar-refractivity contribution in [1.29, 1.82) is 0 Å². The summed E-state index contributed by atoms with van der Waals surface area (Å²) in [6, 6.07) is 16.4. The first-order valence-electron chi connectivity index (χ1n) is 9.07. The first-order valence-corrected chi connectivity index (χ1v) is 9.45. The molecule has 5 rings (SSSR count). The zero-order chi connectivity index (χ0) is 17.2. The number of fused-ring (bicyclic) bond motifs is 3. The Balaban J connectivity index is 1.37. The van der Waals surface area contributed by atoms with Crippen LogP contribution in [0, 0.1) is 5.92 Å². The Morgan fingerprint density at radius 3 is 2.16 bits per heavy atom. The fourth-order valence-corrected chi connectivity index (χ4v) is 4.05. The van der Waals surface area contributed by atoms with Crippen molar-refractivity contribution in [2.45, 2.75) is 25.6 Å². The molecule has 0 N–H and O–H groups in total. The van der Waals surface area contributed by atoms with Crippen LogP contribution < -0.4 is 0 Å². The maximum atomic E-state index is 6.22. The van der Waals surface area contributed by atoms with Crippen LogP contribution in [-0.2, 0) is 11.3 Å². The van der Waals surface area contributed by atoms with E-state index in [9.17, 15) is 0 Å². The third kappa shape index (κ3) is 3.82. The molecule has 0 saturated carbocycles. The topological polar surface area (TPSA) is 12.5 Å². The van der Waals surface area contributed by atoms with Crippen molar-refractivity contribution in [2.24, 2.45) is 5.92 Å². The highest BCUT2D eigenvalue weighted by Gasteiger charge is 2.34. The van der Waals surface area contributed by atoms with Gasteiger partial charge in [0.15, 0.2) is 0 Å². The Bertz CT molecular complexity index is 730. The molecule has 2 bridgehead atoms. The van der Waals surface area contributed by atoms with E-state index in [4.69, 9.17) is 16.3 Å². The number of hydrogen-bond acceptors (Lipinski definition) is 2. The Hall–Kier alpha value is -1.61. The molecule has 3 fully saturated rings. The molecule has 2 aromatic rings. The molecule has 3 heterocycles. The van der Waals surface area contributed by atoms with Gasteiger partial charge < -0.3 is 9.64 Å². The minimum Gasteiger partial charge on any atom is -0.372 e. The largest absolute Gasteiger partial charge is 0.372 e. The van der Waals surface area contributed by atoms with Gasteiger partial charge in [-0.2, -0.15) is 0 Å². The van der Waals surface area contributed by atoms with E-state index < -0.39 is 0 Å². The number of hydrogen-bond donors (Lipinski definition) is 0. The molecule has 3 saturated heterocycles. The van der Waals surface area contributed by atoms with Gasteiger partial charge in [-0.05, 0) is 66.2 Å². The summed E-state index contributed by atoms with van der Waals surface area (Å²) in [5.74, 6) is 0.758. The molecular weight excluding hydrogens is 330 g/mol. The molecule has 2 aromatic carbocycles. The standard InChI is InChI=1S/C22H24ClNO/c1-16(19-6-8-21(23)9-7-19)18-4-2-17(3-5-18)15-25-22-14-24-12-10-20(22)11-13-24/h2-9,20,22H,1,10-15H2. The maximum Gasteiger partial charge on any atom is 0.0735 e. The van der Waals surface area contributed by atoms with Crippen molar-refractivity contribution in [3.05, 3.63) is 76.8 Å². The molecule has 3 heteroatoms. The van der Waals surface area contributed by atoms with Crippen LogP contribution in [-0.4, -0.2) is 30.6 Å². The van der Waals surface area contributed by atoms with Crippen molar-refractivity contribution in [3.8, 4) is 0 Å². The van der Waals surface area contributed by atoms with Crippen molar-refractivity contribution < 1.29 is 4.74 Å². The van der Waals surface area contributed by atoms with Gasteiger partial charge in [-0.15, -0.1) is 0 Å². The smallest absolute Gasteiger partial charge is 0.0735 e. The average Bonchev–Trinajstić information content (AvgIpc) is 2.68. The van der Waals surface area contributed by atoms with Gasteiger partial charge in [-0.3, -0.25) is 0 Å². The normalized spacial score (nSPS) is 25.1. The zero-order valence-electron chi connectivity index (χ0n) is 14.5. The lowest BCUT2D eigenvalue weighted by Crippen LogP contribution is -2.51. The van der Waals surface area contributed by atoms with Crippen LogP contribution in [0.5, 0.6) is 0 Å². The van der Waals surface area contributed by atoms with E-state index in [1.807, 2.05) is 24.3 Å². The Morgan fingerprint density at radius 2 is 1.60 bits per heavy atom. The summed E-state index contributed by atoms with van der Waals surface area (Å²) in [7, 11) is 0. The molecule has 0 aliphatic carbocycles. The molecule has 0 spiro atoms. The highest BCUT2D eigenvalue weighted by atomic mass is 35.5. The van der Waals surface area contributed by atoms with Gasteiger partial charge in [-0.25, -0.2) is 0 Å². The highest BCUT2D eigenvalue weighted by Crippen LogP contribution is 2.30. The fraction of sp³-hybridized carbons (Fsp3) is 0.364. The minimum absolute atomic E-state index is 0.409. The summed E-state index contributed by atoms with van der Waals surface area (Å²) in [4.78, 5) is 2.53. The first-order chi connectivity index (χ1) is 12.2. The fourth-order valence-electron chi connectivity index (χ4n) is 3.92. The number of rotatable bonds is 5. The Morgan fingerprint density at radius 1 is 1.00 bits per heavy atom. The van der Waals surface area contributed by atoms with Crippen LogP contribution in [0.1, 0.15) is 29.5 Å². The van der Waals surface area contributed by atoms with Gasteiger partial charge >= 0.3 is 0 Å². The monoisotopic (exact) mass is 353 g/mol. The second-order valence-corrected chi connectivity index (χ2v) is 7.61. The van der Waals surface area contributed by atoms with Crippen LogP contribution in [0.25, 0.3) is 5.57 Å². The Kier molecular flexibility index (Phi) is 4.93. The van der Waals surface area contributed by atoms with Gasteiger partial charge in [0.2, 0.25) is 0 Å². The predicted octanol–water partition coefficient (Wildman–Crippen LogP) is 5.01. The lowest BCUT2D eigenvalue weighted by molar-refractivity contribution is -0.0765. The average molecular weight is 354 g/mol. The van der Waals surface area contributed by atoms with Gasteiger partial charge in [0.25, 0.3) is 0 Å². The highest BCUT2D eigenvalue weighted by molar-refractivity contribution is 6.30. The first kappa shape index (κ1) is 16.8. The van der Waals surface area contributed by atoms with E-state index in [1.165, 1.54) is 31.5 Å². The number of piperidine rings is 3. The molecule has 1 unspecified atom stereocenters. The van der Waals surface area contributed by atoms with Crippen molar-refractivity contribution in [3.63, 3.8) is 0 Å². The van der Waals surface area contributed by atoms with Gasteiger partial charge in [-0.1, -0.05) is 54.6 Å². The number of halogens is 1. The lowest BCUT2D eigenvalue weighted by atomic mass is 9.86. The molecule has 0 radical (unpaired) electrons. The zero-order valence-corrected chi connectivity index (χ0v) is 15.2. The van der Waals surface area contributed by atoms with Gasteiger partial charge in [0.05, 0.1) is 12.7 Å². The second-order valence-electron chi connectivity index (χ2n) is 7.17. The second kappa shape index (κ2) is 7.33. The minimum atomic E-state index is 0.409. The van der Waals surface area contributed by atoms with Crippen LogP contribution >= 0.6 is 11.6 Å². The number of nitrogens with zero attached hydrogens (tertiary/aromatic N) is 1. The molecule has 1 atom stereocenters. The quantitative estimate of drug-likeness (QED) is 0.749. The van der Waals surface area contributed by atoms with Crippen LogP contribution in [0.15, 0.2) is 55.1 Å². The summed E-state index contributed by atoms with van der Waals surface area (Å²) in [5, 5.41) is 0.747. The van der Waals surface area contributed by atoms with E-state index in [-0.39, 0.29) is 0 Å². The number of benzene rings is 2. The molecular formula is C22H24ClNO. The molecule has 0 amide bonds. The maximum absolute atomic E-state index is 6.22. The van der Waals surface area contributed by atoms with Crippen molar-refractivity contribution in [1.82, 2.24) is 4.90 Å². The lowest BCUT2D eigenvalue weighted by Gasteiger charge is -2.44. The van der Waals surface area contributed by atoms with E-state index in [1.54, 1.807) is 0 Å². The van der Waals surface area contributed by atoms with E-state index >= 15 is 0 Å². The molecule has 130 valence electrons. The van der Waals surface area contributed by atoms with Gasteiger partial charge in [0.1, 0.15) is 0 Å². The Labute approximate surface area is 155 Å².